The molecule has 2 saturated heterocycles. The molecule has 132 valence electrons. The average molecular weight is 340 g/mol. The summed E-state index contributed by atoms with van der Waals surface area (Å²) in [6.07, 6.45) is 4.64. The summed E-state index contributed by atoms with van der Waals surface area (Å²) >= 11 is 0. The molecule has 2 aromatic rings. The summed E-state index contributed by atoms with van der Waals surface area (Å²) in [5.41, 5.74) is 0.560. The van der Waals surface area contributed by atoms with E-state index in [0.29, 0.717) is 11.4 Å². The Morgan fingerprint density at radius 1 is 1.20 bits per heavy atom. The number of benzene rings is 1. The molecule has 0 saturated carbocycles. The molecule has 0 bridgehead atoms. The molecular formula is C19H24N4O2. The zero-order valence-electron chi connectivity index (χ0n) is 14.6. The lowest BCUT2D eigenvalue weighted by Crippen LogP contribution is -2.48. The quantitative estimate of drug-likeness (QED) is 0.918. The van der Waals surface area contributed by atoms with Crippen LogP contribution in [0.15, 0.2) is 29.1 Å². The molecule has 2 aliphatic heterocycles. The van der Waals surface area contributed by atoms with E-state index < -0.39 is 0 Å². The van der Waals surface area contributed by atoms with Gasteiger partial charge in [-0.3, -0.25) is 14.5 Å². The molecule has 0 aliphatic carbocycles. The highest BCUT2D eigenvalue weighted by Crippen LogP contribution is 2.27. The molecule has 4 rings (SSSR count). The summed E-state index contributed by atoms with van der Waals surface area (Å²) in [7, 11) is 0. The van der Waals surface area contributed by atoms with Gasteiger partial charge in [0.15, 0.2) is 0 Å². The fourth-order valence-electron chi connectivity index (χ4n) is 4.32. The molecule has 2 aliphatic rings. The van der Waals surface area contributed by atoms with Crippen molar-refractivity contribution in [1.82, 2.24) is 20.0 Å². The number of carbonyl (C=O) groups is 1. The van der Waals surface area contributed by atoms with Gasteiger partial charge in [-0.1, -0.05) is 24.6 Å². The van der Waals surface area contributed by atoms with Crippen molar-refractivity contribution in [2.75, 3.05) is 13.1 Å². The number of nitrogens with zero attached hydrogens (tertiary/aromatic N) is 3. The Morgan fingerprint density at radius 3 is 2.84 bits per heavy atom. The maximum Gasteiger partial charge on any atom is 0.275 e. The summed E-state index contributed by atoms with van der Waals surface area (Å²) in [6.45, 7) is 4.05. The van der Waals surface area contributed by atoms with Crippen LogP contribution in [0.2, 0.25) is 0 Å². The van der Waals surface area contributed by atoms with Crippen molar-refractivity contribution >= 4 is 16.7 Å². The van der Waals surface area contributed by atoms with Crippen LogP contribution < -0.4 is 10.9 Å². The topological polar surface area (TPSA) is 67.2 Å². The predicted molar refractivity (Wildman–Crippen MR) is 96.5 cm³/mol. The summed E-state index contributed by atoms with van der Waals surface area (Å²) < 4.78 is 1.29. The number of carbonyl (C=O) groups excluding carboxylic acids is 1. The molecule has 2 atom stereocenters. The summed E-state index contributed by atoms with van der Waals surface area (Å²) in [5, 5.41) is 8.93. The van der Waals surface area contributed by atoms with Crippen molar-refractivity contribution in [3.63, 3.8) is 0 Å². The largest absolute Gasteiger partial charge is 0.350 e. The van der Waals surface area contributed by atoms with E-state index in [4.69, 9.17) is 0 Å². The Morgan fingerprint density at radius 2 is 2.00 bits per heavy atom. The van der Waals surface area contributed by atoms with E-state index in [0.717, 1.165) is 37.0 Å². The number of fused-ring (bicyclic) bond motifs is 2. The summed E-state index contributed by atoms with van der Waals surface area (Å²) in [4.78, 5) is 27.6. The van der Waals surface area contributed by atoms with Crippen molar-refractivity contribution in [3.8, 4) is 0 Å². The van der Waals surface area contributed by atoms with Crippen LogP contribution in [0.25, 0.3) is 10.8 Å². The second-order valence-electron chi connectivity index (χ2n) is 7.16. The Bertz CT molecular complexity index is 860. The number of aryl methyl sites for hydroxylation is 1. The first kappa shape index (κ1) is 16.3. The number of nitrogens with one attached hydrogen (secondary N) is 1. The highest BCUT2D eigenvalue weighted by Gasteiger charge is 2.36. The van der Waals surface area contributed by atoms with Gasteiger partial charge in [-0.25, -0.2) is 4.68 Å². The van der Waals surface area contributed by atoms with Gasteiger partial charge in [0, 0.05) is 24.0 Å². The van der Waals surface area contributed by atoms with Crippen LogP contribution in [-0.4, -0.2) is 45.8 Å². The third-order valence-corrected chi connectivity index (χ3v) is 5.55. The van der Waals surface area contributed by atoms with Crippen molar-refractivity contribution in [2.24, 2.45) is 0 Å². The van der Waals surface area contributed by atoms with Crippen molar-refractivity contribution < 1.29 is 4.79 Å². The maximum atomic E-state index is 12.6. The van der Waals surface area contributed by atoms with Crippen LogP contribution in [0.3, 0.4) is 0 Å². The number of amides is 1. The highest BCUT2D eigenvalue weighted by molar-refractivity contribution is 5.83. The van der Waals surface area contributed by atoms with Gasteiger partial charge < -0.3 is 5.32 Å². The van der Waals surface area contributed by atoms with E-state index in [-0.39, 0.29) is 24.1 Å². The first-order valence-corrected chi connectivity index (χ1v) is 9.13. The lowest BCUT2D eigenvalue weighted by Gasteiger charge is -2.32. The fraction of sp³-hybridized carbons (Fsp3) is 0.526. The van der Waals surface area contributed by atoms with E-state index >= 15 is 0 Å². The van der Waals surface area contributed by atoms with E-state index in [1.165, 1.54) is 17.5 Å². The Hall–Kier alpha value is -2.21. The molecule has 2 fully saturated rings. The molecule has 0 unspecified atom stereocenters. The monoisotopic (exact) mass is 340 g/mol. The van der Waals surface area contributed by atoms with Crippen LogP contribution in [0, 0.1) is 6.92 Å². The Balaban J connectivity index is 1.50. The fourth-order valence-corrected chi connectivity index (χ4v) is 4.32. The number of hydrogen-bond acceptors (Lipinski definition) is 4. The first-order chi connectivity index (χ1) is 12.1. The molecular weight excluding hydrogens is 316 g/mol. The minimum Gasteiger partial charge on any atom is -0.350 e. The normalized spacial score (nSPS) is 23.6. The van der Waals surface area contributed by atoms with Gasteiger partial charge in [0.2, 0.25) is 5.91 Å². The number of piperidine rings is 1. The summed E-state index contributed by atoms with van der Waals surface area (Å²) in [5.74, 6) is -0.123. The molecule has 6 nitrogen and oxygen atoms in total. The third-order valence-electron chi connectivity index (χ3n) is 5.55. The zero-order chi connectivity index (χ0) is 17.4. The predicted octanol–water partition coefficient (Wildman–Crippen LogP) is 1.45. The standard InChI is InChI=1S/C19H24N4O2/c1-13-14-6-2-3-7-15(14)19(25)23(21-13)12-18(24)20-16-9-11-22-10-5-4-8-17(16)22/h2-3,6-7,16-17H,4-5,8-12H2,1H3,(H,20,24)/t16-,17+/m0/s1. The minimum atomic E-state index is -0.206. The highest BCUT2D eigenvalue weighted by atomic mass is 16.2. The molecule has 1 amide bonds. The lowest BCUT2D eigenvalue weighted by atomic mass is 9.99. The zero-order valence-corrected chi connectivity index (χ0v) is 14.6. The molecule has 1 aromatic heterocycles. The number of rotatable bonds is 3. The lowest BCUT2D eigenvalue weighted by molar-refractivity contribution is -0.122. The first-order valence-electron chi connectivity index (χ1n) is 9.13. The molecule has 3 heterocycles. The van der Waals surface area contributed by atoms with E-state index in [9.17, 15) is 9.59 Å². The number of hydrogen-bond donors (Lipinski definition) is 1. The van der Waals surface area contributed by atoms with Crippen molar-refractivity contribution in [1.29, 1.82) is 0 Å². The molecule has 0 spiro atoms. The van der Waals surface area contributed by atoms with Crippen LogP contribution in [0.5, 0.6) is 0 Å². The Labute approximate surface area is 146 Å². The van der Waals surface area contributed by atoms with Crippen molar-refractivity contribution in [2.45, 2.75) is 51.2 Å². The molecule has 0 radical (unpaired) electrons. The van der Waals surface area contributed by atoms with E-state index in [1.54, 1.807) is 6.07 Å². The van der Waals surface area contributed by atoms with Gasteiger partial charge >= 0.3 is 0 Å². The van der Waals surface area contributed by atoms with Crippen LogP contribution in [0.1, 0.15) is 31.4 Å². The average Bonchev–Trinajstić information content (AvgIpc) is 3.02. The van der Waals surface area contributed by atoms with Crippen LogP contribution in [0.4, 0.5) is 0 Å². The Kier molecular flexibility index (Phi) is 4.29. The number of aromatic nitrogens is 2. The van der Waals surface area contributed by atoms with Gasteiger partial charge in [0.25, 0.3) is 5.56 Å². The summed E-state index contributed by atoms with van der Waals surface area (Å²) in [6, 6.07) is 8.07. The van der Waals surface area contributed by atoms with Crippen molar-refractivity contribution in [3.05, 3.63) is 40.3 Å². The molecule has 25 heavy (non-hydrogen) atoms. The third kappa shape index (κ3) is 3.06. The second kappa shape index (κ2) is 6.59. The van der Waals surface area contributed by atoms with Gasteiger partial charge in [-0.2, -0.15) is 5.10 Å². The van der Waals surface area contributed by atoms with Gasteiger partial charge in [-0.05, 0) is 38.8 Å². The SMILES string of the molecule is Cc1nn(CC(=O)N[C@H]2CCN3CCCC[C@H]23)c(=O)c2ccccc12. The second-order valence-corrected chi connectivity index (χ2v) is 7.16. The minimum absolute atomic E-state index is 0.0201. The van der Waals surface area contributed by atoms with E-state index in [2.05, 4.69) is 15.3 Å². The van der Waals surface area contributed by atoms with Gasteiger partial charge in [0.05, 0.1) is 11.1 Å². The van der Waals surface area contributed by atoms with E-state index in [1.807, 2.05) is 25.1 Å². The van der Waals surface area contributed by atoms with Gasteiger partial charge in [0.1, 0.15) is 6.54 Å². The smallest absolute Gasteiger partial charge is 0.275 e. The molecule has 1 aromatic carbocycles. The molecule has 6 heteroatoms. The van der Waals surface area contributed by atoms with Crippen LogP contribution >= 0.6 is 0 Å². The molecule has 1 N–H and O–H groups in total. The van der Waals surface area contributed by atoms with Gasteiger partial charge in [-0.15, -0.1) is 0 Å². The maximum absolute atomic E-state index is 12.6. The van der Waals surface area contributed by atoms with Crippen LogP contribution in [-0.2, 0) is 11.3 Å².